The predicted molar refractivity (Wildman–Crippen MR) is 104 cm³/mol. The van der Waals surface area contributed by atoms with Crippen molar-refractivity contribution < 1.29 is 4.79 Å². The molecule has 11 heteroatoms. The number of carbonyl (C=O) groups is 1. The molecule has 0 bridgehead atoms. The van der Waals surface area contributed by atoms with E-state index >= 15 is 0 Å². The lowest BCUT2D eigenvalue weighted by Gasteiger charge is -2.27. The Morgan fingerprint density at radius 3 is 2.93 bits per heavy atom. The van der Waals surface area contributed by atoms with Crippen molar-refractivity contribution in [3.63, 3.8) is 0 Å². The first-order valence-electron chi connectivity index (χ1n) is 9.94. The molecule has 1 aliphatic heterocycles. The number of hydrogen-bond acceptors (Lipinski definition) is 6. The quantitative estimate of drug-likeness (QED) is 0.534. The number of carbonyl (C=O) groups excluding carboxylic acids is 1. The predicted octanol–water partition coefficient (Wildman–Crippen LogP) is 0.642. The number of aromatic amines is 1. The van der Waals surface area contributed by atoms with Crippen LogP contribution < -0.4 is 5.56 Å². The average molecular weight is 405 g/mol. The van der Waals surface area contributed by atoms with Gasteiger partial charge in [-0.25, -0.2) is 9.20 Å². The molecule has 1 N–H and O–H groups in total. The maximum atomic E-state index is 13.2. The van der Waals surface area contributed by atoms with Crippen molar-refractivity contribution in [3.8, 4) is 5.95 Å². The Hall–Kier alpha value is -3.76. The molecule has 0 saturated heterocycles. The summed E-state index contributed by atoms with van der Waals surface area (Å²) >= 11 is 0. The van der Waals surface area contributed by atoms with Crippen LogP contribution >= 0.6 is 0 Å². The smallest absolute Gasteiger partial charge is 0.276 e. The number of H-pyrrole nitrogens is 1. The second kappa shape index (κ2) is 6.12. The number of hydrogen-bond donors (Lipinski definition) is 1. The van der Waals surface area contributed by atoms with Crippen molar-refractivity contribution >= 4 is 11.4 Å². The molecule has 1 saturated carbocycles. The van der Waals surface area contributed by atoms with Crippen LogP contribution in [0, 0.1) is 6.92 Å². The van der Waals surface area contributed by atoms with Crippen molar-refractivity contribution in [2.24, 2.45) is 0 Å². The van der Waals surface area contributed by atoms with Gasteiger partial charge in [-0.2, -0.15) is 5.10 Å². The first-order chi connectivity index (χ1) is 14.6. The lowest BCUT2D eigenvalue weighted by atomic mass is 10.2. The number of fused-ring (bicyclic) bond motifs is 2. The molecule has 2 aliphatic rings. The maximum absolute atomic E-state index is 13.2. The minimum Gasteiger partial charge on any atom is -0.329 e. The molecule has 0 radical (unpaired) electrons. The number of nitrogens with zero attached hydrogens (tertiary/aromatic N) is 8. The van der Waals surface area contributed by atoms with E-state index in [1.807, 2.05) is 0 Å². The van der Waals surface area contributed by atoms with Crippen molar-refractivity contribution in [1.82, 2.24) is 44.0 Å². The van der Waals surface area contributed by atoms with E-state index in [9.17, 15) is 9.59 Å². The highest BCUT2D eigenvalue weighted by Crippen LogP contribution is 2.39. The van der Waals surface area contributed by atoms with E-state index in [0.29, 0.717) is 42.3 Å². The molecular formula is C19H19N9O2. The van der Waals surface area contributed by atoms with Gasteiger partial charge in [-0.3, -0.25) is 14.6 Å². The topological polar surface area (TPSA) is 119 Å². The minimum atomic E-state index is -0.269. The SMILES string of the molecule is Cc1c(C(=O)N2CCn3c(nnc3C3CC3)C2)cnn1-c1nn2cccc2c(=O)[nH]1. The van der Waals surface area contributed by atoms with Gasteiger partial charge in [-0.05, 0) is 31.9 Å². The number of nitrogens with one attached hydrogen (secondary N) is 1. The summed E-state index contributed by atoms with van der Waals surface area (Å²) in [6, 6.07) is 3.43. The monoisotopic (exact) mass is 405 g/mol. The van der Waals surface area contributed by atoms with Crippen LogP contribution in [0.25, 0.3) is 11.5 Å². The van der Waals surface area contributed by atoms with Gasteiger partial charge in [0.1, 0.15) is 11.3 Å². The Labute approximate surface area is 169 Å². The highest BCUT2D eigenvalue weighted by Gasteiger charge is 2.33. The molecule has 4 aromatic heterocycles. The van der Waals surface area contributed by atoms with E-state index in [4.69, 9.17) is 0 Å². The van der Waals surface area contributed by atoms with Crippen LogP contribution in [0.4, 0.5) is 0 Å². The van der Waals surface area contributed by atoms with Crippen molar-refractivity contribution in [2.75, 3.05) is 6.54 Å². The van der Waals surface area contributed by atoms with Crippen LogP contribution in [0.5, 0.6) is 0 Å². The summed E-state index contributed by atoms with van der Waals surface area (Å²) in [5, 5.41) is 17.3. The summed E-state index contributed by atoms with van der Waals surface area (Å²) < 4.78 is 5.12. The number of rotatable bonds is 3. The zero-order valence-electron chi connectivity index (χ0n) is 16.3. The van der Waals surface area contributed by atoms with Gasteiger partial charge in [0.2, 0.25) is 5.95 Å². The lowest BCUT2D eigenvalue weighted by molar-refractivity contribution is 0.0705. The summed E-state index contributed by atoms with van der Waals surface area (Å²) in [4.78, 5) is 29.9. The van der Waals surface area contributed by atoms with Crippen molar-refractivity contribution in [1.29, 1.82) is 0 Å². The molecule has 152 valence electrons. The summed E-state index contributed by atoms with van der Waals surface area (Å²) in [7, 11) is 0. The molecule has 1 aliphatic carbocycles. The van der Waals surface area contributed by atoms with Gasteiger partial charge in [-0.15, -0.1) is 15.3 Å². The highest BCUT2D eigenvalue weighted by atomic mass is 16.2. The summed E-state index contributed by atoms with van der Waals surface area (Å²) in [6.07, 6.45) is 5.55. The molecule has 0 atom stereocenters. The third-order valence-electron chi connectivity index (χ3n) is 5.84. The van der Waals surface area contributed by atoms with Gasteiger partial charge in [0.25, 0.3) is 11.5 Å². The fourth-order valence-electron chi connectivity index (χ4n) is 4.03. The van der Waals surface area contributed by atoms with Crippen LogP contribution in [-0.4, -0.2) is 56.5 Å². The highest BCUT2D eigenvalue weighted by molar-refractivity contribution is 5.95. The first-order valence-corrected chi connectivity index (χ1v) is 9.94. The summed E-state index contributed by atoms with van der Waals surface area (Å²) in [5.41, 5.74) is 1.26. The summed E-state index contributed by atoms with van der Waals surface area (Å²) in [5.74, 6) is 2.54. The third kappa shape index (κ3) is 2.51. The van der Waals surface area contributed by atoms with Crippen molar-refractivity contribution in [3.05, 3.63) is 57.8 Å². The zero-order chi connectivity index (χ0) is 20.4. The Morgan fingerprint density at radius 1 is 1.23 bits per heavy atom. The van der Waals surface area contributed by atoms with E-state index in [2.05, 4.69) is 29.9 Å². The van der Waals surface area contributed by atoms with E-state index < -0.39 is 0 Å². The maximum Gasteiger partial charge on any atom is 0.276 e. The molecule has 0 aromatic carbocycles. The Kier molecular flexibility index (Phi) is 3.49. The molecule has 5 heterocycles. The first kappa shape index (κ1) is 17.1. The Morgan fingerprint density at radius 2 is 2.10 bits per heavy atom. The molecular weight excluding hydrogens is 386 g/mol. The zero-order valence-corrected chi connectivity index (χ0v) is 16.3. The Bertz CT molecular complexity index is 1350. The second-order valence-corrected chi connectivity index (χ2v) is 7.80. The van der Waals surface area contributed by atoms with E-state index in [1.165, 1.54) is 28.2 Å². The van der Waals surface area contributed by atoms with Gasteiger partial charge in [0.05, 0.1) is 24.0 Å². The summed E-state index contributed by atoms with van der Waals surface area (Å²) in [6.45, 7) is 3.51. The molecule has 4 aromatic rings. The van der Waals surface area contributed by atoms with Gasteiger partial charge >= 0.3 is 0 Å². The van der Waals surface area contributed by atoms with Gasteiger partial charge in [-0.1, -0.05) is 0 Å². The fraction of sp³-hybridized carbons (Fsp3) is 0.368. The Balaban J connectivity index is 1.30. The van der Waals surface area contributed by atoms with Crippen LogP contribution in [0.15, 0.2) is 29.3 Å². The van der Waals surface area contributed by atoms with E-state index in [-0.39, 0.29) is 17.4 Å². The van der Waals surface area contributed by atoms with Gasteiger partial charge in [0.15, 0.2) is 5.82 Å². The normalized spacial score (nSPS) is 16.2. The minimum absolute atomic E-state index is 0.120. The van der Waals surface area contributed by atoms with Gasteiger partial charge in [0, 0.05) is 25.2 Å². The van der Waals surface area contributed by atoms with E-state index in [1.54, 1.807) is 30.2 Å². The van der Waals surface area contributed by atoms with Crippen LogP contribution in [0.3, 0.4) is 0 Å². The molecule has 1 fully saturated rings. The second-order valence-electron chi connectivity index (χ2n) is 7.80. The van der Waals surface area contributed by atoms with Crippen LogP contribution in [0.2, 0.25) is 0 Å². The fourth-order valence-corrected chi connectivity index (χ4v) is 4.03. The average Bonchev–Trinajstić information content (AvgIpc) is 3.15. The number of amides is 1. The molecule has 0 spiro atoms. The third-order valence-corrected chi connectivity index (χ3v) is 5.84. The molecule has 11 nitrogen and oxygen atoms in total. The standard InChI is InChI=1S/C19H19N9O2/c1-11-13(9-20-28(11)19-21-17(29)14-3-2-6-27(14)24-19)18(30)25-7-8-26-15(10-25)22-23-16(26)12-4-5-12/h2-3,6,9,12H,4-5,7-8,10H2,1H3,(H,21,24,29). The van der Waals surface area contributed by atoms with Crippen LogP contribution in [-0.2, 0) is 13.1 Å². The van der Waals surface area contributed by atoms with Gasteiger partial charge < -0.3 is 9.47 Å². The number of aromatic nitrogens is 8. The molecule has 30 heavy (non-hydrogen) atoms. The molecule has 6 rings (SSSR count). The molecule has 1 amide bonds. The lowest BCUT2D eigenvalue weighted by Crippen LogP contribution is -2.39. The van der Waals surface area contributed by atoms with E-state index in [0.717, 1.165) is 11.6 Å². The van der Waals surface area contributed by atoms with Crippen molar-refractivity contribution in [2.45, 2.75) is 38.8 Å². The largest absolute Gasteiger partial charge is 0.329 e. The molecule has 0 unspecified atom stereocenters. The van der Waals surface area contributed by atoms with Crippen LogP contribution in [0.1, 0.15) is 46.5 Å².